The SMILES string of the molecule is CCOPOCC.CNP(OCC(F)(F)F)OCC(F)(F)F.CNP(OCC(F)(F)F)OCC(F)(F)F.O=[P+](OCC(F)(F)F)OCC(F)(F)F.[C-]#[O+].[Co]. The van der Waals surface area contributed by atoms with Crippen LogP contribution in [0.4, 0.5) is 79.0 Å². The summed E-state index contributed by atoms with van der Waals surface area (Å²) in [5.74, 6) is 0. The van der Waals surface area contributed by atoms with Gasteiger partial charge in [0, 0.05) is 21.3 Å². The zero-order valence-electron chi connectivity index (χ0n) is 27.2. The Balaban J connectivity index is -0.000000143. The van der Waals surface area contributed by atoms with Crippen LogP contribution in [0.3, 0.4) is 0 Å². The van der Waals surface area contributed by atoms with Crippen LogP contribution >= 0.6 is 34.3 Å². The van der Waals surface area contributed by atoms with Gasteiger partial charge < -0.3 is 27.1 Å². The first-order chi connectivity index (χ1) is 23.8. The summed E-state index contributed by atoms with van der Waals surface area (Å²) >= 11 is 0. The molecule has 12 nitrogen and oxygen atoms in total. The molecule has 0 spiro atoms. The van der Waals surface area contributed by atoms with Crippen LogP contribution < -0.4 is 10.2 Å². The normalized spacial score (nSPS) is 12.2. The average molecular weight is 972 g/mol. The number of halogens is 18. The smallest absolute Gasteiger partial charge is 0 e. The van der Waals surface area contributed by atoms with Crippen LogP contribution in [0.25, 0.3) is 0 Å². The van der Waals surface area contributed by atoms with Gasteiger partial charge in [-0.15, -0.1) is 9.05 Å². The van der Waals surface area contributed by atoms with E-state index in [9.17, 15) is 83.6 Å². The fourth-order valence-corrected chi connectivity index (χ4v) is 3.93. The summed E-state index contributed by atoms with van der Waals surface area (Å²) in [6, 6.07) is 0. The van der Waals surface area contributed by atoms with E-state index < -0.39 is 102 Å². The van der Waals surface area contributed by atoms with Crippen molar-refractivity contribution in [2.75, 3.05) is 67.0 Å². The molecule has 0 unspecified atom stereocenters. The summed E-state index contributed by atoms with van der Waals surface area (Å²) in [5.41, 5.74) is 0. The summed E-state index contributed by atoms with van der Waals surface area (Å²) in [5, 5.41) is 4.14. The van der Waals surface area contributed by atoms with E-state index in [2.05, 4.69) is 44.0 Å². The third-order valence-corrected chi connectivity index (χ3v) is 6.50. The standard InChI is InChI=1S/2C5H8F6NO2P.C4H4F6O3P.C4H11O2P.CO.Co/c2*1-12-15(13-2-4(6,7)8)14-3-5(9,10)11;5-3(6,7)1-12-14(11)13-2-4(8,9)10;1-3-5-7-6-4-2;1-2;/h2*12H,2-3H2,1H3;1-2H2;7H,3-4H2,1-2H3;;/q;;+1;;;. The molecule has 35 heteroatoms. The van der Waals surface area contributed by atoms with Gasteiger partial charge in [0.15, 0.2) is 35.5 Å². The molecule has 0 aromatic rings. The Morgan fingerprint density at radius 3 is 0.870 bits per heavy atom. The van der Waals surface area contributed by atoms with E-state index >= 15 is 0 Å². The second kappa shape index (κ2) is 35.0. The monoisotopic (exact) mass is 972 g/mol. The molecule has 0 atom stereocenters. The molecule has 1 radical (unpaired) electrons. The van der Waals surface area contributed by atoms with Crippen LogP contribution in [-0.2, 0) is 62.2 Å². The molecular formula is C19H31CoF18N2O10P4+. The van der Waals surface area contributed by atoms with E-state index in [0.717, 1.165) is 27.3 Å². The van der Waals surface area contributed by atoms with Crippen molar-refractivity contribution in [2.24, 2.45) is 0 Å². The molecule has 0 amide bonds. The molecule has 0 aromatic carbocycles. The number of nitrogens with one attached hydrogen (secondary N) is 2. The van der Waals surface area contributed by atoms with Crippen LogP contribution in [-0.4, -0.2) is 104 Å². The van der Waals surface area contributed by atoms with Crippen LogP contribution in [0, 0.1) is 6.65 Å². The molecule has 0 saturated heterocycles. The first-order valence-corrected chi connectivity index (χ1v) is 16.9. The van der Waals surface area contributed by atoms with Gasteiger partial charge in [-0.25, -0.2) is 0 Å². The maximum Gasteiger partial charge on any atom is 0 e. The van der Waals surface area contributed by atoms with Gasteiger partial charge in [0.2, 0.25) is 13.2 Å². The first-order valence-electron chi connectivity index (χ1n) is 12.6. The molecule has 2 N–H and O–H groups in total. The van der Waals surface area contributed by atoms with Gasteiger partial charge in [-0.1, -0.05) is 0 Å². The summed E-state index contributed by atoms with van der Waals surface area (Å²) < 4.78 is 258. The van der Waals surface area contributed by atoms with Crippen molar-refractivity contribution in [2.45, 2.75) is 50.9 Å². The fourth-order valence-electron chi connectivity index (χ4n) is 1.31. The average Bonchev–Trinajstić information content (AvgIpc) is 2.99. The van der Waals surface area contributed by atoms with Crippen LogP contribution in [0.1, 0.15) is 13.8 Å². The molecule has 331 valence electrons. The van der Waals surface area contributed by atoms with E-state index in [0.29, 0.717) is 0 Å². The third kappa shape index (κ3) is 69.8. The van der Waals surface area contributed by atoms with Gasteiger partial charge in [0.25, 0.3) is 17.1 Å². The maximum atomic E-state index is 11.6. The first kappa shape index (κ1) is 65.8. The van der Waals surface area contributed by atoms with Crippen LogP contribution in [0.2, 0.25) is 0 Å². The largest absolute Gasteiger partial charge is 0 e. The minimum Gasteiger partial charge on any atom is 0 e. The molecule has 0 aromatic heterocycles. The van der Waals surface area contributed by atoms with Crippen molar-refractivity contribution in [3.63, 3.8) is 0 Å². The van der Waals surface area contributed by atoms with Gasteiger partial charge in [0.1, 0.15) is 0 Å². The van der Waals surface area contributed by atoms with Gasteiger partial charge in [0.05, 0.1) is 13.2 Å². The third-order valence-electron chi connectivity index (χ3n) is 2.82. The van der Waals surface area contributed by atoms with E-state index in [1.807, 2.05) is 13.8 Å². The number of hydrogen-bond donors (Lipinski definition) is 2. The van der Waals surface area contributed by atoms with Crippen LogP contribution in [0.5, 0.6) is 0 Å². The minimum absolute atomic E-state index is 0. The Morgan fingerprint density at radius 1 is 0.519 bits per heavy atom. The van der Waals surface area contributed by atoms with Crippen molar-refractivity contribution in [3.8, 4) is 0 Å². The molecule has 0 heterocycles. The maximum absolute atomic E-state index is 11.6. The van der Waals surface area contributed by atoms with E-state index in [-0.39, 0.29) is 25.8 Å². The van der Waals surface area contributed by atoms with E-state index in [1.54, 1.807) is 0 Å². The molecular weight excluding hydrogens is 941 g/mol. The van der Waals surface area contributed by atoms with Crippen molar-refractivity contribution >= 4 is 34.3 Å². The van der Waals surface area contributed by atoms with Crippen molar-refractivity contribution in [3.05, 3.63) is 6.65 Å². The predicted molar refractivity (Wildman–Crippen MR) is 147 cm³/mol. The van der Waals surface area contributed by atoms with Crippen molar-refractivity contribution < 1.29 is 141 Å². The molecule has 0 aliphatic rings. The minimum atomic E-state index is -4.76. The number of alkyl halides is 18. The molecule has 0 bridgehead atoms. The second-order valence-corrected chi connectivity index (χ2v) is 12.1. The quantitative estimate of drug-likeness (QED) is 0.0447. The Hall–Kier alpha value is -0.0235. The Morgan fingerprint density at radius 2 is 0.722 bits per heavy atom. The predicted octanol–water partition coefficient (Wildman–Crippen LogP) is 9.51. The second-order valence-electron chi connectivity index (χ2n) is 7.47. The van der Waals surface area contributed by atoms with Crippen LogP contribution in [0.15, 0.2) is 0 Å². The van der Waals surface area contributed by atoms with Crippen molar-refractivity contribution in [1.29, 1.82) is 0 Å². The van der Waals surface area contributed by atoms with Crippen molar-refractivity contribution in [1.82, 2.24) is 10.2 Å². The molecule has 0 aliphatic heterocycles. The zero-order chi connectivity index (χ0) is 43.2. The molecule has 0 fully saturated rings. The molecule has 54 heavy (non-hydrogen) atoms. The molecule has 0 rings (SSSR count). The summed E-state index contributed by atoms with van der Waals surface area (Å²) in [6.45, 7) is -0.557. The number of rotatable bonds is 18. The van der Waals surface area contributed by atoms with Gasteiger partial charge in [-0.3, -0.25) is 10.2 Å². The Bertz CT molecular complexity index is 804. The van der Waals surface area contributed by atoms with Gasteiger partial charge in [-0.2, -0.15) is 79.0 Å². The number of hydrogen-bond acceptors (Lipinski definition) is 11. The van der Waals surface area contributed by atoms with Gasteiger partial charge in [-0.05, 0) is 27.9 Å². The van der Waals surface area contributed by atoms with Gasteiger partial charge >= 0.3 is 56.6 Å². The Kier molecular flexibility index (Phi) is 42.6. The molecule has 0 aliphatic carbocycles. The Labute approximate surface area is 310 Å². The van der Waals surface area contributed by atoms with E-state index in [1.165, 1.54) is 0 Å². The van der Waals surface area contributed by atoms with E-state index in [4.69, 9.17) is 13.7 Å². The summed E-state index contributed by atoms with van der Waals surface area (Å²) in [7, 11) is -5.65. The topological polar surface area (TPSA) is 135 Å². The molecule has 0 saturated carbocycles. The summed E-state index contributed by atoms with van der Waals surface area (Å²) in [4.78, 5) is 0. The zero-order valence-corrected chi connectivity index (χ0v) is 31.9. The fraction of sp³-hybridized carbons (Fsp3) is 0.947. The summed E-state index contributed by atoms with van der Waals surface area (Å²) in [6.07, 6.45) is -27.9.